The van der Waals surface area contributed by atoms with Crippen LogP contribution >= 0.6 is 0 Å². The summed E-state index contributed by atoms with van der Waals surface area (Å²) in [6, 6.07) is 5.51. The van der Waals surface area contributed by atoms with E-state index in [2.05, 4.69) is 13.8 Å². The van der Waals surface area contributed by atoms with E-state index in [4.69, 9.17) is 5.73 Å². The second-order valence-electron chi connectivity index (χ2n) is 5.73. The van der Waals surface area contributed by atoms with E-state index in [0.29, 0.717) is 17.5 Å². The van der Waals surface area contributed by atoms with Gasteiger partial charge in [0.2, 0.25) is 0 Å². The maximum Gasteiger partial charge on any atom is 0.254 e. The van der Waals surface area contributed by atoms with Crippen LogP contribution in [0.1, 0.15) is 36.2 Å². The molecule has 2 atom stereocenters. The molecular weight excluding hydrogens is 224 g/mol. The molecule has 1 fully saturated rings. The summed E-state index contributed by atoms with van der Waals surface area (Å²) in [6.07, 6.45) is 1.21. The quantitative estimate of drug-likeness (QED) is 0.774. The van der Waals surface area contributed by atoms with Crippen molar-refractivity contribution in [3.05, 3.63) is 29.3 Å². The summed E-state index contributed by atoms with van der Waals surface area (Å²) < 4.78 is 0. The number of carbonyl (C=O) groups excluding carboxylic acids is 1. The van der Waals surface area contributed by atoms with E-state index in [-0.39, 0.29) is 5.91 Å². The molecule has 98 valence electrons. The van der Waals surface area contributed by atoms with E-state index in [9.17, 15) is 4.79 Å². The van der Waals surface area contributed by atoms with Crippen LogP contribution in [0.15, 0.2) is 18.2 Å². The van der Waals surface area contributed by atoms with Gasteiger partial charge >= 0.3 is 0 Å². The molecule has 1 aromatic carbocycles. The molecule has 2 unspecified atom stereocenters. The lowest BCUT2D eigenvalue weighted by atomic mass is 9.91. The standard InChI is InChI=1S/C15H22N2O/c1-10-6-11(2)9-17(8-10)15(18)14-5-4-13(16)7-12(14)3/h4-5,7,10-11H,6,8-9,16H2,1-3H3. The Labute approximate surface area is 109 Å². The summed E-state index contributed by atoms with van der Waals surface area (Å²) in [5, 5.41) is 0. The molecule has 18 heavy (non-hydrogen) atoms. The van der Waals surface area contributed by atoms with Crippen LogP contribution in [-0.4, -0.2) is 23.9 Å². The zero-order valence-electron chi connectivity index (χ0n) is 11.4. The van der Waals surface area contributed by atoms with Gasteiger partial charge in [-0.1, -0.05) is 13.8 Å². The number of hydrogen-bond acceptors (Lipinski definition) is 2. The van der Waals surface area contributed by atoms with E-state index < -0.39 is 0 Å². The average Bonchev–Trinajstić information content (AvgIpc) is 2.26. The molecule has 1 aromatic rings. The number of benzene rings is 1. The third kappa shape index (κ3) is 2.66. The Kier molecular flexibility index (Phi) is 3.60. The number of nitrogens with zero attached hydrogens (tertiary/aromatic N) is 1. The lowest BCUT2D eigenvalue weighted by Gasteiger charge is -2.35. The lowest BCUT2D eigenvalue weighted by molar-refractivity contribution is 0.0622. The minimum atomic E-state index is 0.144. The molecule has 2 N–H and O–H groups in total. The van der Waals surface area contributed by atoms with Crippen molar-refractivity contribution in [1.82, 2.24) is 4.90 Å². The van der Waals surface area contributed by atoms with Gasteiger partial charge in [0.25, 0.3) is 5.91 Å². The van der Waals surface area contributed by atoms with Crippen molar-refractivity contribution in [3.8, 4) is 0 Å². The first kappa shape index (κ1) is 12.9. The van der Waals surface area contributed by atoms with Crippen LogP contribution in [0.5, 0.6) is 0 Å². The molecule has 3 heteroatoms. The molecule has 2 rings (SSSR count). The molecule has 0 aromatic heterocycles. The van der Waals surface area contributed by atoms with Crippen LogP contribution in [-0.2, 0) is 0 Å². The summed E-state index contributed by atoms with van der Waals surface area (Å²) in [7, 11) is 0. The molecule has 1 heterocycles. The molecule has 3 nitrogen and oxygen atoms in total. The van der Waals surface area contributed by atoms with Crippen molar-refractivity contribution in [3.63, 3.8) is 0 Å². The summed E-state index contributed by atoms with van der Waals surface area (Å²) in [4.78, 5) is 14.5. The monoisotopic (exact) mass is 246 g/mol. The second kappa shape index (κ2) is 5.01. The summed E-state index contributed by atoms with van der Waals surface area (Å²) in [5.41, 5.74) is 8.18. The molecule has 1 amide bonds. The van der Waals surface area contributed by atoms with Crippen molar-refractivity contribution in [2.24, 2.45) is 11.8 Å². The lowest BCUT2D eigenvalue weighted by Crippen LogP contribution is -2.42. The first-order valence-electron chi connectivity index (χ1n) is 6.62. The fourth-order valence-electron chi connectivity index (χ4n) is 2.93. The Morgan fingerprint density at radius 1 is 1.28 bits per heavy atom. The van der Waals surface area contributed by atoms with Crippen LogP contribution in [0.2, 0.25) is 0 Å². The number of anilines is 1. The molecule has 0 radical (unpaired) electrons. The van der Waals surface area contributed by atoms with Gasteiger partial charge in [0.05, 0.1) is 0 Å². The normalized spacial score (nSPS) is 24.1. The zero-order valence-corrected chi connectivity index (χ0v) is 11.4. The van der Waals surface area contributed by atoms with E-state index in [1.807, 2.05) is 24.0 Å². The molecule has 0 aliphatic carbocycles. The molecule has 1 saturated heterocycles. The molecule has 0 spiro atoms. The Balaban J connectivity index is 2.20. The van der Waals surface area contributed by atoms with Crippen molar-refractivity contribution < 1.29 is 4.79 Å². The number of nitrogens with two attached hydrogens (primary N) is 1. The van der Waals surface area contributed by atoms with Gasteiger partial charge in [0.15, 0.2) is 0 Å². The Morgan fingerprint density at radius 3 is 2.44 bits per heavy atom. The summed E-state index contributed by atoms with van der Waals surface area (Å²) >= 11 is 0. The Morgan fingerprint density at radius 2 is 1.89 bits per heavy atom. The number of rotatable bonds is 1. The first-order chi connectivity index (χ1) is 8.47. The predicted octanol–water partition coefficient (Wildman–Crippen LogP) is 2.70. The molecule has 1 aliphatic heterocycles. The number of aryl methyl sites for hydroxylation is 1. The van der Waals surface area contributed by atoms with Gasteiger partial charge in [-0.15, -0.1) is 0 Å². The summed E-state index contributed by atoms with van der Waals surface area (Å²) in [6.45, 7) is 8.11. The maximum absolute atomic E-state index is 12.5. The van der Waals surface area contributed by atoms with Gasteiger partial charge in [-0.05, 0) is 48.9 Å². The second-order valence-corrected chi connectivity index (χ2v) is 5.73. The van der Waals surface area contributed by atoms with E-state index in [1.54, 1.807) is 6.07 Å². The Bertz CT molecular complexity index is 446. The van der Waals surface area contributed by atoms with Crippen LogP contribution in [0.3, 0.4) is 0 Å². The van der Waals surface area contributed by atoms with Gasteiger partial charge in [-0.2, -0.15) is 0 Å². The predicted molar refractivity (Wildman–Crippen MR) is 74.4 cm³/mol. The van der Waals surface area contributed by atoms with Crippen molar-refractivity contribution in [1.29, 1.82) is 0 Å². The van der Waals surface area contributed by atoms with Gasteiger partial charge < -0.3 is 10.6 Å². The number of nitrogen functional groups attached to an aromatic ring is 1. The van der Waals surface area contributed by atoms with Crippen molar-refractivity contribution in [2.75, 3.05) is 18.8 Å². The highest BCUT2D eigenvalue weighted by Gasteiger charge is 2.26. The number of carbonyl (C=O) groups is 1. The highest BCUT2D eigenvalue weighted by atomic mass is 16.2. The fraction of sp³-hybridized carbons (Fsp3) is 0.533. The van der Waals surface area contributed by atoms with E-state index in [0.717, 1.165) is 24.2 Å². The smallest absolute Gasteiger partial charge is 0.254 e. The van der Waals surface area contributed by atoms with Gasteiger partial charge in [0.1, 0.15) is 0 Å². The van der Waals surface area contributed by atoms with Gasteiger partial charge in [0, 0.05) is 24.3 Å². The third-order valence-electron chi connectivity index (χ3n) is 3.64. The molecule has 0 bridgehead atoms. The minimum absolute atomic E-state index is 0.144. The van der Waals surface area contributed by atoms with Crippen LogP contribution < -0.4 is 5.73 Å². The maximum atomic E-state index is 12.5. The van der Waals surface area contributed by atoms with Gasteiger partial charge in [-0.3, -0.25) is 4.79 Å². The number of hydrogen-bond donors (Lipinski definition) is 1. The van der Waals surface area contributed by atoms with Crippen LogP contribution in [0, 0.1) is 18.8 Å². The van der Waals surface area contributed by atoms with Gasteiger partial charge in [-0.25, -0.2) is 0 Å². The number of piperidine rings is 1. The third-order valence-corrected chi connectivity index (χ3v) is 3.64. The minimum Gasteiger partial charge on any atom is -0.399 e. The highest BCUT2D eigenvalue weighted by Crippen LogP contribution is 2.23. The largest absolute Gasteiger partial charge is 0.399 e. The average molecular weight is 246 g/mol. The summed E-state index contributed by atoms with van der Waals surface area (Å²) in [5.74, 6) is 1.32. The van der Waals surface area contributed by atoms with Crippen LogP contribution in [0.25, 0.3) is 0 Å². The fourth-order valence-corrected chi connectivity index (χ4v) is 2.93. The zero-order chi connectivity index (χ0) is 13.3. The van der Waals surface area contributed by atoms with Crippen molar-refractivity contribution in [2.45, 2.75) is 27.2 Å². The topological polar surface area (TPSA) is 46.3 Å². The van der Waals surface area contributed by atoms with Crippen molar-refractivity contribution >= 4 is 11.6 Å². The molecule has 1 aliphatic rings. The SMILES string of the molecule is Cc1cc(N)ccc1C(=O)N1CC(C)CC(C)C1. The van der Waals surface area contributed by atoms with E-state index in [1.165, 1.54) is 6.42 Å². The van der Waals surface area contributed by atoms with E-state index >= 15 is 0 Å². The Hall–Kier alpha value is -1.51. The molecular formula is C15H22N2O. The highest BCUT2D eigenvalue weighted by molar-refractivity contribution is 5.96. The number of likely N-dealkylation sites (tertiary alicyclic amines) is 1. The molecule has 0 saturated carbocycles. The van der Waals surface area contributed by atoms with Crippen LogP contribution in [0.4, 0.5) is 5.69 Å². The number of amides is 1. The first-order valence-corrected chi connectivity index (χ1v) is 6.62.